The van der Waals surface area contributed by atoms with E-state index in [0.717, 1.165) is 42.7 Å². The minimum Gasteiger partial charge on any atom is -0.370 e. The van der Waals surface area contributed by atoms with E-state index in [2.05, 4.69) is 22.1 Å². The number of likely N-dealkylation sites (N-methyl/N-ethyl adjacent to an activating group) is 1. The van der Waals surface area contributed by atoms with Gasteiger partial charge in [-0.05, 0) is 26.7 Å². The van der Waals surface area contributed by atoms with Crippen LogP contribution >= 0.6 is 0 Å². The predicted molar refractivity (Wildman–Crippen MR) is 82.8 cm³/mol. The molecule has 0 aromatic carbocycles. The quantitative estimate of drug-likeness (QED) is 0.907. The number of carbonyl (C=O) groups is 1. The van der Waals surface area contributed by atoms with Gasteiger partial charge in [-0.25, -0.2) is 9.97 Å². The number of aromatic nitrogens is 2. The molecule has 1 aromatic heterocycles. The highest BCUT2D eigenvalue weighted by atomic mass is 16.2. The van der Waals surface area contributed by atoms with Gasteiger partial charge in [0.1, 0.15) is 17.5 Å². The minimum absolute atomic E-state index is 0.150. The van der Waals surface area contributed by atoms with Crippen molar-refractivity contribution >= 4 is 17.5 Å². The second-order valence-electron chi connectivity index (χ2n) is 5.92. The van der Waals surface area contributed by atoms with Crippen molar-refractivity contribution in [1.29, 1.82) is 0 Å². The molecule has 0 bridgehead atoms. The average Bonchev–Trinajstić information content (AvgIpc) is 3.29. The molecule has 1 aliphatic heterocycles. The van der Waals surface area contributed by atoms with Crippen LogP contribution in [0.5, 0.6) is 0 Å². The summed E-state index contributed by atoms with van der Waals surface area (Å²) in [5, 5.41) is 3.33. The Bertz CT molecular complexity index is 555. The summed E-state index contributed by atoms with van der Waals surface area (Å²) in [5.74, 6) is 3.42. The van der Waals surface area contributed by atoms with Crippen LogP contribution in [0.3, 0.4) is 0 Å². The van der Waals surface area contributed by atoms with E-state index in [-0.39, 0.29) is 5.91 Å². The smallest absolute Gasteiger partial charge is 0.241 e. The number of nitrogens with zero attached hydrogens (tertiary/aromatic N) is 4. The van der Waals surface area contributed by atoms with Crippen LogP contribution in [-0.2, 0) is 4.79 Å². The monoisotopic (exact) mass is 289 g/mol. The molecule has 6 heteroatoms. The van der Waals surface area contributed by atoms with E-state index in [9.17, 15) is 4.79 Å². The standard InChI is InChI=1S/C15H23N5O/c1-4-16-13-10(2)15(18-14(17-13)11-5-6-11)20-8-7-19(3)12(21)9-20/h11H,4-9H2,1-3H3,(H,16,17,18). The highest BCUT2D eigenvalue weighted by Gasteiger charge is 2.30. The Labute approximate surface area is 125 Å². The Morgan fingerprint density at radius 1 is 1.29 bits per heavy atom. The first-order valence-electron chi connectivity index (χ1n) is 7.71. The molecule has 114 valence electrons. The fourth-order valence-corrected chi connectivity index (χ4v) is 2.63. The van der Waals surface area contributed by atoms with E-state index in [1.807, 2.05) is 14.0 Å². The number of anilines is 2. The van der Waals surface area contributed by atoms with Crippen LogP contribution in [0.2, 0.25) is 0 Å². The molecule has 2 fully saturated rings. The summed E-state index contributed by atoms with van der Waals surface area (Å²) in [6.07, 6.45) is 2.35. The highest BCUT2D eigenvalue weighted by Crippen LogP contribution is 2.40. The zero-order chi connectivity index (χ0) is 15.0. The van der Waals surface area contributed by atoms with Gasteiger partial charge in [0.2, 0.25) is 5.91 Å². The van der Waals surface area contributed by atoms with Gasteiger partial charge in [-0.2, -0.15) is 0 Å². The summed E-state index contributed by atoms with van der Waals surface area (Å²) in [7, 11) is 1.85. The molecule has 0 spiro atoms. The second kappa shape index (κ2) is 5.50. The number of carbonyl (C=O) groups excluding carboxylic acids is 1. The average molecular weight is 289 g/mol. The molecule has 21 heavy (non-hydrogen) atoms. The third-order valence-electron chi connectivity index (χ3n) is 4.18. The van der Waals surface area contributed by atoms with Crippen LogP contribution in [0, 0.1) is 6.92 Å². The molecule has 0 radical (unpaired) electrons. The largest absolute Gasteiger partial charge is 0.370 e. The number of amides is 1. The third-order valence-corrected chi connectivity index (χ3v) is 4.18. The maximum absolute atomic E-state index is 12.0. The van der Waals surface area contributed by atoms with Gasteiger partial charge in [-0.3, -0.25) is 4.79 Å². The Kier molecular flexibility index (Phi) is 3.69. The van der Waals surface area contributed by atoms with Gasteiger partial charge in [-0.15, -0.1) is 0 Å². The summed E-state index contributed by atoms with van der Waals surface area (Å²) in [5.41, 5.74) is 1.04. The number of nitrogens with one attached hydrogen (secondary N) is 1. The van der Waals surface area contributed by atoms with Crippen LogP contribution in [-0.4, -0.2) is 54.0 Å². The maximum atomic E-state index is 12.0. The van der Waals surface area contributed by atoms with Crippen molar-refractivity contribution in [2.45, 2.75) is 32.6 Å². The van der Waals surface area contributed by atoms with Crippen molar-refractivity contribution in [2.24, 2.45) is 0 Å². The highest BCUT2D eigenvalue weighted by molar-refractivity contribution is 5.82. The summed E-state index contributed by atoms with van der Waals surface area (Å²) >= 11 is 0. The van der Waals surface area contributed by atoms with Crippen LogP contribution in [0.1, 0.15) is 37.1 Å². The lowest BCUT2D eigenvalue weighted by molar-refractivity contribution is -0.129. The van der Waals surface area contributed by atoms with Crippen molar-refractivity contribution < 1.29 is 4.79 Å². The molecule has 2 aliphatic rings. The number of piperazine rings is 1. The number of hydrogen-bond acceptors (Lipinski definition) is 5. The van der Waals surface area contributed by atoms with Crippen molar-refractivity contribution in [3.05, 3.63) is 11.4 Å². The normalized spacial score (nSPS) is 19.1. The van der Waals surface area contributed by atoms with Crippen LogP contribution in [0.15, 0.2) is 0 Å². The van der Waals surface area contributed by atoms with E-state index in [0.29, 0.717) is 12.5 Å². The first-order valence-corrected chi connectivity index (χ1v) is 7.71. The van der Waals surface area contributed by atoms with Crippen LogP contribution in [0.4, 0.5) is 11.6 Å². The van der Waals surface area contributed by atoms with E-state index >= 15 is 0 Å². The molecule has 2 heterocycles. The summed E-state index contributed by atoms with van der Waals surface area (Å²) < 4.78 is 0. The molecular formula is C15H23N5O. The Morgan fingerprint density at radius 2 is 2.05 bits per heavy atom. The van der Waals surface area contributed by atoms with Gasteiger partial charge in [0.15, 0.2) is 0 Å². The minimum atomic E-state index is 0.150. The third kappa shape index (κ3) is 2.80. The van der Waals surface area contributed by atoms with Crippen LogP contribution < -0.4 is 10.2 Å². The first kappa shape index (κ1) is 14.1. The number of rotatable bonds is 4. The molecule has 0 atom stereocenters. The molecule has 1 N–H and O–H groups in total. The van der Waals surface area contributed by atoms with Gasteiger partial charge in [0.05, 0.1) is 6.54 Å². The van der Waals surface area contributed by atoms with Gasteiger partial charge < -0.3 is 15.1 Å². The Morgan fingerprint density at radius 3 is 2.67 bits per heavy atom. The summed E-state index contributed by atoms with van der Waals surface area (Å²) in [4.78, 5) is 25.3. The topological polar surface area (TPSA) is 61.4 Å². The Hall–Kier alpha value is -1.85. The van der Waals surface area contributed by atoms with Crippen molar-refractivity contribution in [3.63, 3.8) is 0 Å². The lowest BCUT2D eigenvalue weighted by Gasteiger charge is -2.34. The molecule has 0 unspecified atom stereocenters. The second-order valence-corrected chi connectivity index (χ2v) is 5.92. The molecule has 1 aliphatic carbocycles. The fraction of sp³-hybridized carbons (Fsp3) is 0.667. The molecule has 1 saturated heterocycles. The zero-order valence-electron chi connectivity index (χ0n) is 13.0. The van der Waals surface area contributed by atoms with E-state index in [1.165, 1.54) is 12.8 Å². The summed E-state index contributed by atoms with van der Waals surface area (Å²) in [6, 6.07) is 0. The predicted octanol–water partition coefficient (Wildman–Crippen LogP) is 1.37. The molecule has 1 aromatic rings. The molecule has 1 amide bonds. The van der Waals surface area contributed by atoms with Crippen molar-refractivity contribution in [2.75, 3.05) is 43.4 Å². The lowest BCUT2D eigenvalue weighted by atomic mass is 10.2. The number of hydrogen-bond donors (Lipinski definition) is 1. The summed E-state index contributed by atoms with van der Waals surface area (Å²) in [6.45, 7) is 6.92. The zero-order valence-corrected chi connectivity index (χ0v) is 13.0. The lowest BCUT2D eigenvalue weighted by Crippen LogP contribution is -2.49. The van der Waals surface area contributed by atoms with Gasteiger partial charge >= 0.3 is 0 Å². The van der Waals surface area contributed by atoms with E-state index < -0.39 is 0 Å². The molecule has 1 saturated carbocycles. The Balaban J connectivity index is 1.94. The van der Waals surface area contributed by atoms with Gasteiger partial charge in [0, 0.05) is 38.2 Å². The molecule has 3 rings (SSSR count). The van der Waals surface area contributed by atoms with Gasteiger partial charge in [0.25, 0.3) is 0 Å². The van der Waals surface area contributed by atoms with Crippen molar-refractivity contribution in [1.82, 2.24) is 14.9 Å². The van der Waals surface area contributed by atoms with Crippen molar-refractivity contribution in [3.8, 4) is 0 Å². The van der Waals surface area contributed by atoms with Crippen LogP contribution in [0.25, 0.3) is 0 Å². The fourth-order valence-electron chi connectivity index (χ4n) is 2.63. The van der Waals surface area contributed by atoms with E-state index in [4.69, 9.17) is 4.98 Å². The molecular weight excluding hydrogens is 266 g/mol. The van der Waals surface area contributed by atoms with Gasteiger partial charge in [-0.1, -0.05) is 0 Å². The SMILES string of the molecule is CCNc1nc(C2CC2)nc(N2CCN(C)C(=O)C2)c1C. The maximum Gasteiger partial charge on any atom is 0.241 e. The van der Waals surface area contributed by atoms with E-state index in [1.54, 1.807) is 4.90 Å². The first-order chi connectivity index (χ1) is 10.1. The molecule has 6 nitrogen and oxygen atoms in total.